The van der Waals surface area contributed by atoms with Crippen molar-refractivity contribution in [2.45, 2.75) is 29.6 Å². The number of nitrogens with zero attached hydrogens (tertiary/aromatic N) is 2. The minimum absolute atomic E-state index is 0.0560. The highest BCUT2D eigenvalue weighted by Gasteiger charge is 2.34. The monoisotopic (exact) mass is 872 g/mol. The molecule has 0 amide bonds. The van der Waals surface area contributed by atoms with E-state index in [1.54, 1.807) is 0 Å². The second-order valence-electron chi connectivity index (χ2n) is 16.6. The van der Waals surface area contributed by atoms with Gasteiger partial charge in [0.2, 0.25) is 14.6 Å². The third-order valence-corrected chi connectivity index (χ3v) is 12.9. The summed E-state index contributed by atoms with van der Waals surface area (Å²) in [4.78, 5) is 6.33. The number of hydrogen-bond donors (Lipinski definition) is 2. The van der Waals surface area contributed by atoms with E-state index < -0.39 is 0 Å². The molecule has 0 spiro atoms. The minimum Gasteiger partial charge on any atom is -0.458 e. The summed E-state index contributed by atoms with van der Waals surface area (Å²) in [6.07, 6.45) is 0. The zero-order valence-corrected chi connectivity index (χ0v) is 37.7. The van der Waals surface area contributed by atoms with Gasteiger partial charge in [-0.25, -0.2) is 0 Å². The van der Waals surface area contributed by atoms with Crippen LogP contribution in [0.25, 0.3) is 22.3 Å². The lowest BCUT2D eigenvalue weighted by molar-refractivity contribution is 0.450. The number of ether oxygens (including phenoxy) is 2. The average molecular weight is 873 g/mol. The number of rotatable bonds is 9. The van der Waals surface area contributed by atoms with E-state index in [1.165, 1.54) is 0 Å². The molecule has 9 aromatic rings. The first kappa shape index (κ1) is 40.8. The van der Waals surface area contributed by atoms with Crippen molar-refractivity contribution in [1.82, 2.24) is 0 Å². The van der Waals surface area contributed by atoms with Gasteiger partial charge in [-0.05, 0) is 123 Å². The number of anilines is 6. The van der Waals surface area contributed by atoms with E-state index in [-0.39, 0.29) is 5.92 Å². The van der Waals surface area contributed by atoms with Crippen molar-refractivity contribution in [2.75, 3.05) is 9.80 Å². The van der Waals surface area contributed by atoms with Gasteiger partial charge in [0.05, 0.1) is 11.4 Å². The predicted octanol–water partition coefficient (Wildman–Crippen LogP) is 13.2. The fourth-order valence-electron chi connectivity index (χ4n) is 9.21. The lowest BCUT2D eigenvalue weighted by atomic mass is 9.54. The number of fused-ring (bicyclic) bond motifs is 4. The molecule has 0 fully saturated rings. The third kappa shape index (κ3) is 7.57. The van der Waals surface area contributed by atoms with Crippen LogP contribution < -0.4 is 41.1 Å². The number of thiol groups is 2. The molecule has 4 nitrogen and oxygen atoms in total. The maximum Gasteiger partial charge on any atom is 0.202 e. The third-order valence-electron chi connectivity index (χ3n) is 12.1. The fourth-order valence-corrected chi connectivity index (χ4v) is 9.77. The summed E-state index contributed by atoms with van der Waals surface area (Å²) in [7, 11) is 4.56. The van der Waals surface area contributed by atoms with Crippen molar-refractivity contribution in [1.29, 1.82) is 0 Å². The zero-order chi connectivity index (χ0) is 44.0. The molecule has 0 aromatic heterocycles. The van der Waals surface area contributed by atoms with Crippen LogP contribution in [0.3, 0.4) is 0 Å². The summed E-state index contributed by atoms with van der Waals surface area (Å²) in [6, 6.07) is 69.5. The van der Waals surface area contributed by atoms with Crippen LogP contribution in [0.4, 0.5) is 34.1 Å². The number of para-hydroxylation sites is 4. The summed E-state index contributed by atoms with van der Waals surface area (Å²) in [5, 5.41) is 0. The highest BCUT2D eigenvalue weighted by Crippen LogP contribution is 2.46. The molecule has 2 heterocycles. The van der Waals surface area contributed by atoms with Gasteiger partial charge in [0.1, 0.15) is 23.0 Å². The van der Waals surface area contributed by atoms with Crippen LogP contribution in [-0.4, -0.2) is 14.6 Å². The Kier molecular flexibility index (Phi) is 10.8. The van der Waals surface area contributed by atoms with Crippen LogP contribution in [0, 0.1) is 0 Å². The van der Waals surface area contributed by atoms with Crippen molar-refractivity contribution in [3.63, 3.8) is 0 Å². The van der Waals surface area contributed by atoms with E-state index in [2.05, 4.69) is 190 Å². The highest BCUT2D eigenvalue weighted by atomic mass is 32.1. The van der Waals surface area contributed by atoms with Gasteiger partial charge in [0, 0.05) is 50.2 Å². The molecule has 0 unspecified atom stereocenters. The standard InChI is InChI=1S/C57H42B2N2O2S2/c1-36(2)53-56-47(58-54-45(43-27-15-17-29-51(43)64)31-41(33-49(54)62-56)60(37-19-7-3-8-20-37)38-21-9-4-10-22-38)35-48-57(53)63-50-34-42(32-46(55(50)59-48)44-28-16-18-30-52(44)65)61(39-23-11-5-12-24-39)40-25-13-6-14-26-40/h3-36,64-65H,1-2H3. The predicted molar refractivity (Wildman–Crippen MR) is 278 cm³/mol. The molecule has 2 aliphatic rings. The Labute approximate surface area is 393 Å². The van der Waals surface area contributed by atoms with E-state index in [4.69, 9.17) is 34.7 Å². The maximum absolute atomic E-state index is 7.28. The molecule has 9 aromatic carbocycles. The molecule has 65 heavy (non-hydrogen) atoms. The fraction of sp³-hybridized carbons (Fsp3) is 0.0526. The van der Waals surface area contributed by atoms with Gasteiger partial charge >= 0.3 is 0 Å². The second kappa shape index (κ2) is 17.2. The van der Waals surface area contributed by atoms with Crippen LogP contribution >= 0.6 is 25.3 Å². The largest absolute Gasteiger partial charge is 0.458 e. The average Bonchev–Trinajstić information content (AvgIpc) is 3.33. The van der Waals surface area contributed by atoms with E-state index in [1.807, 2.05) is 48.5 Å². The van der Waals surface area contributed by atoms with Gasteiger partial charge < -0.3 is 19.3 Å². The molecule has 8 heteroatoms. The number of hydrogen-bond acceptors (Lipinski definition) is 6. The van der Waals surface area contributed by atoms with Crippen LogP contribution in [-0.2, 0) is 0 Å². The van der Waals surface area contributed by atoms with Gasteiger partial charge in [-0.1, -0.05) is 129 Å². The van der Waals surface area contributed by atoms with E-state index >= 15 is 0 Å². The van der Waals surface area contributed by atoms with E-state index in [0.717, 1.165) is 117 Å². The second-order valence-corrected chi connectivity index (χ2v) is 17.6. The van der Waals surface area contributed by atoms with Crippen LogP contribution in [0.5, 0.6) is 23.0 Å². The minimum atomic E-state index is 0.0560. The van der Waals surface area contributed by atoms with Crippen LogP contribution in [0.2, 0.25) is 0 Å². The summed E-state index contributed by atoms with van der Waals surface area (Å²) in [5.41, 5.74) is 15.2. The molecule has 2 aliphatic heterocycles. The Bertz CT molecular complexity index is 2930. The maximum atomic E-state index is 7.28. The van der Waals surface area contributed by atoms with Crippen molar-refractivity contribution >= 4 is 95.8 Å². The topological polar surface area (TPSA) is 24.9 Å². The Morgan fingerprint density at radius 3 is 1.06 bits per heavy atom. The molecule has 310 valence electrons. The quantitative estimate of drug-likeness (QED) is 0.112. The molecule has 0 saturated carbocycles. The first-order valence-corrected chi connectivity index (χ1v) is 22.8. The molecular formula is C57H42B2N2O2S2. The highest BCUT2D eigenvalue weighted by molar-refractivity contribution is 7.80. The van der Waals surface area contributed by atoms with Crippen molar-refractivity contribution in [2.24, 2.45) is 0 Å². The van der Waals surface area contributed by atoms with Gasteiger partial charge in [-0.15, -0.1) is 25.3 Å². The van der Waals surface area contributed by atoms with Crippen LogP contribution in [0.15, 0.2) is 210 Å². The normalized spacial score (nSPS) is 12.0. The van der Waals surface area contributed by atoms with Gasteiger partial charge in [-0.3, -0.25) is 0 Å². The van der Waals surface area contributed by atoms with E-state index in [9.17, 15) is 0 Å². The summed E-state index contributed by atoms with van der Waals surface area (Å²) < 4.78 is 14.6. The molecule has 2 radical (unpaired) electrons. The molecule has 0 atom stereocenters. The molecule has 0 aliphatic carbocycles. The Hall–Kier alpha value is -6.99. The Balaban J connectivity index is 1.09. The van der Waals surface area contributed by atoms with E-state index in [0.29, 0.717) is 0 Å². The van der Waals surface area contributed by atoms with Crippen LogP contribution in [0.1, 0.15) is 25.3 Å². The summed E-state index contributed by atoms with van der Waals surface area (Å²) in [5.74, 6) is 3.17. The lowest BCUT2D eigenvalue weighted by Crippen LogP contribution is -2.43. The molecule has 0 bridgehead atoms. The molecule has 0 N–H and O–H groups in total. The molecular weight excluding hydrogens is 830 g/mol. The van der Waals surface area contributed by atoms with Crippen molar-refractivity contribution in [3.8, 4) is 45.3 Å². The van der Waals surface area contributed by atoms with Crippen molar-refractivity contribution in [3.05, 3.63) is 206 Å². The van der Waals surface area contributed by atoms with Gasteiger partial charge in [0.15, 0.2) is 0 Å². The first-order chi connectivity index (χ1) is 31.9. The smallest absolute Gasteiger partial charge is 0.202 e. The Morgan fingerprint density at radius 2 is 0.723 bits per heavy atom. The summed E-state index contributed by atoms with van der Waals surface area (Å²) in [6.45, 7) is 4.43. The molecule has 11 rings (SSSR count). The molecule has 0 saturated heterocycles. The Morgan fingerprint density at radius 1 is 0.385 bits per heavy atom. The first-order valence-electron chi connectivity index (χ1n) is 21.9. The van der Waals surface area contributed by atoms with Gasteiger partial charge in [-0.2, -0.15) is 0 Å². The SMILES string of the molecule is CC(C)c1c2c(cc3c1Oc1cc(N(c4ccccc4)c4ccccc4)cc(-c4ccccc4S)c1[B]3)[B]c1c(cc(N(c3ccccc3)c3ccccc3)cc1-c1ccccc1S)O2. The van der Waals surface area contributed by atoms with Gasteiger partial charge in [0.25, 0.3) is 0 Å². The van der Waals surface area contributed by atoms with Crippen molar-refractivity contribution < 1.29 is 9.47 Å². The number of benzene rings is 9. The summed E-state index contributed by atoms with van der Waals surface area (Å²) >= 11 is 10.0. The zero-order valence-electron chi connectivity index (χ0n) is 35.9. The lowest BCUT2D eigenvalue weighted by Gasteiger charge is -2.34.